The molecule has 0 amide bonds. The molecule has 2 fully saturated rings. The van der Waals surface area contributed by atoms with Gasteiger partial charge in [-0.3, -0.25) is 0 Å². The second-order valence-corrected chi connectivity index (χ2v) is 4.44. The number of cyclic esters (lactones) is 1. The molecule has 2 aliphatic rings. The third kappa shape index (κ3) is 1.19. The Kier molecular flexibility index (Phi) is 1.94. The Bertz CT molecular complexity index is 257. The molecule has 1 aliphatic heterocycles. The van der Waals surface area contributed by atoms with E-state index in [2.05, 4.69) is 13.5 Å². The first-order valence-electron chi connectivity index (χ1n) is 5.01. The van der Waals surface area contributed by atoms with Crippen molar-refractivity contribution >= 4 is 5.97 Å². The molecular formula is C11H16O2. The Hall–Kier alpha value is -0.790. The summed E-state index contributed by atoms with van der Waals surface area (Å²) < 4.78 is 5.09. The van der Waals surface area contributed by atoms with Gasteiger partial charge in [-0.15, -0.1) is 0 Å². The standard InChI is InChI=1S/C11H16O2/c1-8-10(12)13-7-9-5-3-4-6-11(8,9)2/h9H,1,3-7H2,2H3. The van der Waals surface area contributed by atoms with Gasteiger partial charge >= 0.3 is 5.97 Å². The largest absolute Gasteiger partial charge is 0.462 e. The highest BCUT2D eigenvalue weighted by Crippen LogP contribution is 2.48. The van der Waals surface area contributed by atoms with Crippen LogP contribution in [0, 0.1) is 11.3 Å². The van der Waals surface area contributed by atoms with Crippen molar-refractivity contribution in [1.29, 1.82) is 0 Å². The highest BCUT2D eigenvalue weighted by Gasteiger charge is 2.45. The van der Waals surface area contributed by atoms with E-state index in [9.17, 15) is 4.79 Å². The Morgan fingerprint density at radius 1 is 1.54 bits per heavy atom. The van der Waals surface area contributed by atoms with E-state index in [1.807, 2.05) is 0 Å². The molecule has 0 spiro atoms. The molecule has 0 N–H and O–H groups in total. The van der Waals surface area contributed by atoms with Crippen LogP contribution in [0.3, 0.4) is 0 Å². The van der Waals surface area contributed by atoms with Crippen molar-refractivity contribution in [3.8, 4) is 0 Å². The molecule has 0 aromatic heterocycles. The summed E-state index contributed by atoms with van der Waals surface area (Å²) in [7, 11) is 0. The minimum Gasteiger partial charge on any atom is -0.462 e. The van der Waals surface area contributed by atoms with Gasteiger partial charge in [0.2, 0.25) is 0 Å². The second kappa shape index (κ2) is 2.86. The van der Waals surface area contributed by atoms with Gasteiger partial charge in [0.15, 0.2) is 0 Å². The third-order valence-electron chi connectivity index (χ3n) is 3.75. The van der Waals surface area contributed by atoms with Gasteiger partial charge in [-0.1, -0.05) is 26.3 Å². The quantitative estimate of drug-likeness (QED) is 0.422. The first-order valence-corrected chi connectivity index (χ1v) is 5.01. The summed E-state index contributed by atoms with van der Waals surface area (Å²) in [5, 5.41) is 0. The van der Waals surface area contributed by atoms with Gasteiger partial charge in [0.05, 0.1) is 6.61 Å². The minimum absolute atomic E-state index is 0.0353. The van der Waals surface area contributed by atoms with Crippen molar-refractivity contribution in [2.75, 3.05) is 6.61 Å². The van der Waals surface area contributed by atoms with E-state index in [4.69, 9.17) is 4.74 Å². The van der Waals surface area contributed by atoms with Crippen LogP contribution in [0.5, 0.6) is 0 Å². The summed E-state index contributed by atoms with van der Waals surface area (Å²) in [5.74, 6) is 0.340. The van der Waals surface area contributed by atoms with E-state index in [0.29, 0.717) is 18.1 Å². The first kappa shape index (κ1) is 8.79. The summed E-state index contributed by atoms with van der Waals surface area (Å²) >= 11 is 0. The van der Waals surface area contributed by atoms with Crippen LogP contribution in [0.2, 0.25) is 0 Å². The van der Waals surface area contributed by atoms with Crippen LogP contribution in [-0.4, -0.2) is 12.6 Å². The summed E-state index contributed by atoms with van der Waals surface area (Å²) in [6.07, 6.45) is 4.78. The van der Waals surface area contributed by atoms with Gasteiger partial charge in [-0.25, -0.2) is 4.79 Å². The van der Waals surface area contributed by atoms with Crippen LogP contribution in [-0.2, 0) is 9.53 Å². The van der Waals surface area contributed by atoms with E-state index in [1.54, 1.807) is 0 Å². The zero-order chi connectivity index (χ0) is 9.47. The van der Waals surface area contributed by atoms with Gasteiger partial charge in [0.25, 0.3) is 0 Å². The number of esters is 1. The Labute approximate surface area is 79.0 Å². The van der Waals surface area contributed by atoms with E-state index in [1.165, 1.54) is 19.3 Å². The molecule has 13 heavy (non-hydrogen) atoms. The smallest absolute Gasteiger partial charge is 0.333 e. The number of rotatable bonds is 0. The van der Waals surface area contributed by atoms with E-state index < -0.39 is 0 Å². The number of hydrogen-bond acceptors (Lipinski definition) is 2. The lowest BCUT2D eigenvalue weighted by atomic mass is 9.63. The molecule has 72 valence electrons. The Morgan fingerprint density at radius 3 is 3.08 bits per heavy atom. The zero-order valence-corrected chi connectivity index (χ0v) is 8.14. The van der Waals surface area contributed by atoms with Crippen molar-refractivity contribution in [3.05, 3.63) is 12.2 Å². The maximum absolute atomic E-state index is 11.3. The van der Waals surface area contributed by atoms with Crippen LogP contribution in [0.25, 0.3) is 0 Å². The molecule has 0 aromatic carbocycles. The van der Waals surface area contributed by atoms with Gasteiger partial charge in [0.1, 0.15) is 0 Å². The van der Waals surface area contributed by atoms with Crippen molar-refractivity contribution in [3.63, 3.8) is 0 Å². The molecule has 1 saturated carbocycles. The monoisotopic (exact) mass is 180 g/mol. The molecular weight excluding hydrogens is 164 g/mol. The average Bonchev–Trinajstić information content (AvgIpc) is 2.13. The van der Waals surface area contributed by atoms with Gasteiger partial charge in [-0.05, 0) is 12.8 Å². The van der Waals surface area contributed by atoms with Crippen LogP contribution >= 0.6 is 0 Å². The summed E-state index contributed by atoms with van der Waals surface area (Å²) in [5.41, 5.74) is 0.733. The fraction of sp³-hybridized carbons (Fsp3) is 0.727. The van der Waals surface area contributed by atoms with Crippen LogP contribution in [0.1, 0.15) is 32.6 Å². The van der Waals surface area contributed by atoms with E-state index in [-0.39, 0.29) is 11.4 Å². The summed E-state index contributed by atoms with van der Waals surface area (Å²) in [6.45, 7) is 6.65. The lowest BCUT2D eigenvalue weighted by molar-refractivity contribution is -0.150. The molecule has 0 aromatic rings. The van der Waals surface area contributed by atoms with Crippen LogP contribution < -0.4 is 0 Å². The van der Waals surface area contributed by atoms with E-state index >= 15 is 0 Å². The normalized spacial score (nSPS) is 39.6. The molecule has 1 aliphatic carbocycles. The Morgan fingerprint density at radius 2 is 2.31 bits per heavy atom. The number of fused-ring (bicyclic) bond motifs is 1. The molecule has 1 heterocycles. The molecule has 2 nitrogen and oxygen atoms in total. The van der Waals surface area contributed by atoms with Crippen molar-refractivity contribution < 1.29 is 9.53 Å². The number of carbonyl (C=O) groups is 1. The molecule has 2 rings (SSSR count). The lowest BCUT2D eigenvalue weighted by Gasteiger charge is -2.44. The highest BCUT2D eigenvalue weighted by atomic mass is 16.5. The van der Waals surface area contributed by atoms with Crippen LogP contribution in [0.4, 0.5) is 0 Å². The van der Waals surface area contributed by atoms with Crippen molar-refractivity contribution in [2.24, 2.45) is 11.3 Å². The third-order valence-corrected chi connectivity index (χ3v) is 3.75. The molecule has 2 unspecified atom stereocenters. The van der Waals surface area contributed by atoms with Crippen molar-refractivity contribution in [2.45, 2.75) is 32.6 Å². The predicted molar refractivity (Wildman–Crippen MR) is 50.2 cm³/mol. The maximum Gasteiger partial charge on any atom is 0.333 e. The molecule has 2 atom stereocenters. The molecule has 0 bridgehead atoms. The van der Waals surface area contributed by atoms with Gasteiger partial charge < -0.3 is 4.74 Å². The van der Waals surface area contributed by atoms with Gasteiger partial charge in [-0.2, -0.15) is 0 Å². The SMILES string of the molecule is C=C1C(=O)OCC2CCCCC12C. The first-order chi connectivity index (χ1) is 6.14. The van der Waals surface area contributed by atoms with Gasteiger partial charge in [0, 0.05) is 16.9 Å². The minimum atomic E-state index is -0.180. The average molecular weight is 180 g/mol. The Balaban J connectivity index is 2.27. The molecule has 2 heteroatoms. The topological polar surface area (TPSA) is 26.3 Å². The summed E-state index contributed by atoms with van der Waals surface area (Å²) in [6, 6.07) is 0. The van der Waals surface area contributed by atoms with E-state index in [0.717, 1.165) is 6.42 Å². The fourth-order valence-electron chi connectivity index (χ4n) is 2.57. The van der Waals surface area contributed by atoms with Crippen molar-refractivity contribution in [1.82, 2.24) is 0 Å². The number of ether oxygens (including phenoxy) is 1. The molecule has 0 radical (unpaired) electrons. The fourth-order valence-corrected chi connectivity index (χ4v) is 2.57. The number of carbonyl (C=O) groups excluding carboxylic acids is 1. The summed E-state index contributed by atoms with van der Waals surface area (Å²) in [4.78, 5) is 11.3. The second-order valence-electron chi connectivity index (χ2n) is 4.44. The zero-order valence-electron chi connectivity index (χ0n) is 8.14. The molecule has 1 saturated heterocycles. The predicted octanol–water partition coefficient (Wildman–Crippen LogP) is 2.30. The number of hydrogen-bond donors (Lipinski definition) is 0. The lowest BCUT2D eigenvalue weighted by Crippen LogP contribution is -2.43. The highest BCUT2D eigenvalue weighted by molar-refractivity contribution is 5.90. The van der Waals surface area contributed by atoms with Crippen LogP contribution in [0.15, 0.2) is 12.2 Å². The maximum atomic E-state index is 11.3.